The van der Waals surface area contributed by atoms with Gasteiger partial charge in [0.1, 0.15) is 5.82 Å². The van der Waals surface area contributed by atoms with Crippen molar-refractivity contribution in [1.82, 2.24) is 0 Å². The molecule has 0 saturated carbocycles. The van der Waals surface area contributed by atoms with Gasteiger partial charge in [-0.15, -0.1) is 0 Å². The fraction of sp³-hybridized carbons (Fsp3) is 0.538. The van der Waals surface area contributed by atoms with Crippen LogP contribution in [-0.2, 0) is 6.42 Å². The van der Waals surface area contributed by atoms with Gasteiger partial charge in [-0.25, -0.2) is 4.39 Å². The van der Waals surface area contributed by atoms with E-state index in [1.165, 1.54) is 6.07 Å². The summed E-state index contributed by atoms with van der Waals surface area (Å²) < 4.78 is 13.9. The topological polar surface area (TPSA) is 26.0 Å². The number of hydrogen-bond acceptors (Lipinski definition) is 1. The summed E-state index contributed by atoms with van der Waals surface area (Å²) in [7, 11) is 0. The van der Waals surface area contributed by atoms with Crippen LogP contribution in [0.1, 0.15) is 26.3 Å². The lowest BCUT2D eigenvalue weighted by Gasteiger charge is -2.30. The van der Waals surface area contributed by atoms with E-state index in [1.54, 1.807) is 6.07 Å². The molecular formula is C13H19BrFN. The second-order valence-corrected chi connectivity index (χ2v) is 6.01. The van der Waals surface area contributed by atoms with Crippen molar-refractivity contribution in [3.05, 3.63) is 34.1 Å². The van der Waals surface area contributed by atoms with Crippen LogP contribution in [0.2, 0.25) is 0 Å². The SMILES string of the molecule is CC(C)(C)C(CN)Cc1cccc(F)c1Br. The highest BCUT2D eigenvalue weighted by Gasteiger charge is 2.24. The van der Waals surface area contributed by atoms with Gasteiger partial charge in [0.05, 0.1) is 4.47 Å². The van der Waals surface area contributed by atoms with Crippen molar-refractivity contribution >= 4 is 15.9 Å². The molecule has 90 valence electrons. The van der Waals surface area contributed by atoms with Crippen LogP contribution in [0.15, 0.2) is 22.7 Å². The van der Waals surface area contributed by atoms with Gasteiger partial charge in [-0.1, -0.05) is 32.9 Å². The Kier molecular flexibility index (Phi) is 4.51. The zero-order chi connectivity index (χ0) is 12.3. The zero-order valence-corrected chi connectivity index (χ0v) is 11.6. The van der Waals surface area contributed by atoms with Crippen LogP contribution < -0.4 is 5.73 Å². The summed E-state index contributed by atoms with van der Waals surface area (Å²) in [6.45, 7) is 7.11. The molecule has 1 nitrogen and oxygen atoms in total. The Morgan fingerprint density at radius 1 is 1.38 bits per heavy atom. The van der Waals surface area contributed by atoms with Gasteiger partial charge in [-0.2, -0.15) is 0 Å². The lowest BCUT2D eigenvalue weighted by molar-refractivity contribution is 0.245. The molecule has 0 aliphatic heterocycles. The van der Waals surface area contributed by atoms with Crippen LogP contribution in [0.3, 0.4) is 0 Å². The molecule has 0 bridgehead atoms. The van der Waals surface area contributed by atoms with E-state index in [9.17, 15) is 4.39 Å². The van der Waals surface area contributed by atoms with Crippen molar-refractivity contribution in [2.75, 3.05) is 6.54 Å². The number of rotatable bonds is 3. The minimum Gasteiger partial charge on any atom is -0.330 e. The molecule has 0 aliphatic carbocycles. The number of hydrogen-bond donors (Lipinski definition) is 1. The van der Waals surface area contributed by atoms with E-state index in [2.05, 4.69) is 36.7 Å². The van der Waals surface area contributed by atoms with Crippen LogP contribution in [0.25, 0.3) is 0 Å². The van der Waals surface area contributed by atoms with Gasteiger partial charge in [-0.05, 0) is 51.9 Å². The molecule has 0 heterocycles. The van der Waals surface area contributed by atoms with E-state index in [1.807, 2.05) is 6.07 Å². The predicted octanol–water partition coefficient (Wildman–Crippen LogP) is 3.75. The van der Waals surface area contributed by atoms with Gasteiger partial charge in [0.2, 0.25) is 0 Å². The first kappa shape index (κ1) is 13.7. The molecule has 1 atom stereocenters. The highest BCUT2D eigenvalue weighted by Crippen LogP contribution is 2.31. The largest absolute Gasteiger partial charge is 0.330 e. The average Bonchev–Trinajstić information content (AvgIpc) is 2.18. The second-order valence-electron chi connectivity index (χ2n) is 5.22. The quantitative estimate of drug-likeness (QED) is 0.900. The van der Waals surface area contributed by atoms with Crippen LogP contribution >= 0.6 is 15.9 Å². The Morgan fingerprint density at radius 2 is 2.00 bits per heavy atom. The van der Waals surface area contributed by atoms with E-state index in [0.717, 1.165) is 12.0 Å². The van der Waals surface area contributed by atoms with Gasteiger partial charge >= 0.3 is 0 Å². The smallest absolute Gasteiger partial charge is 0.137 e. The van der Waals surface area contributed by atoms with Gasteiger partial charge in [0, 0.05) is 0 Å². The molecular weight excluding hydrogens is 269 g/mol. The molecule has 1 aromatic rings. The lowest BCUT2D eigenvalue weighted by atomic mass is 9.77. The maximum Gasteiger partial charge on any atom is 0.137 e. The van der Waals surface area contributed by atoms with Gasteiger partial charge in [0.25, 0.3) is 0 Å². The number of nitrogens with two attached hydrogens (primary N) is 1. The minimum absolute atomic E-state index is 0.139. The summed E-state index contributed by atoms with van der Waals surface area (Å²) in [6, 6.07) is 5.15. The Hall–Kier alpha value is -0.410. The summed E-state index contributed by atoms with van der Waals surface area (Å²) >= 11 is 3.29. The summed E-state index contributed by atoms with van der Waals surface area (Å²) in [5.41, 5.74) is 6.92. The standard InChI is InChI=1S/C13H19BrFN/c1-13(2,3)10(8-16)7-9-5-4-6-11(15)12(9)14/h4-6,10H,7-8,16H2,1-3H3. The van der Waals surface area contributed by atoms with Crippen molar-refractivity contribution in [2.24, 2.45) is 17.1 Å². The van der Waals surface area contributed by atoms with Crippen LogP contribution in [-0.4, -0.2) is 6.54 Å². The molecule has 1 aromatic carbocycles. The molecule has 3 heteroatoms. The fourth-order valence-electron chi connectivity index (χ4n) is 1.71. The third-order valence-electron chi connectivity index (χ3n) is 3.01. The molecule has 0 aliphatic rings. The van der Waals surface area contributed by atoms with Crippen LogP contribution in [0.5, 0.6) is 0 Å². The summed E-state index contributed by atoms with van der Waals surface area (Å²) in [5.74, 6) is 0.146. The van der Waals surface area contributed by atoms with Crippen molar-refractivity contribution in [2.45, 2.75) is 27.2 Å². The summed E-state index contributed by atoms with van der Waals surface area (Å²) in [5, 5.41) is 0. The van der Waals surface area contributed by atoms with Gasteiger partial charge in [-0.3, -0.25) is 0 Å². The highest BCUT2D eigenvalue weighted by atomic mass is 79.9. The molecule has 0 saturated heterocycles. The van der Waals surface area contributed by atoms with Crippen molar-refractivity contribution in [3.8, 4) is 0 Å². The van der Waals surface area contributed by atoms with Crippen molar-refractivity contribution < 1.29 is 4.39 Å². The predicted molar refractivity (Wildman–Crippen MR) is 69.8 cm³/mol. The molecule has 0 fully saturated rings. The van der Waals surface area contributed by atoms with Gasteiger partial charge < -0.3 is 5.73 Å². The molecule has 0 aromatic heterocycles. The Morgan fingerprint density at radius 3 is 2.50 bits per heavy atom. The fourth-order valence-corrected chi connectivity index (χ4v) is 2.14. The summed E-state index contributed by atoms with van der Waals surface area (Å²) in [4.78, 5) is 0. The first-order chi connectivity index (χ1) is 7.36. The Balaban J connectivity index is 2.91. The van der Waals surface area contributed by atoms with Crippen molar-refractivity contribution in [3.63, 3.8) is 0 Å². The van der Waals surface area contributed by atoms with Gasteiger partial charge in [0.15, 0.2) is 0 Å². The molecule has 0 amide bonds. The van der Waals surface area contributed by atoms with Crippen LogP contribution in [0, 0.1) is 17.2 Å². The highest BCUT2D eigenvalue weighted by molar-refractivity contribution is 9.10. The zero-order valence-electron chi connectivity index (χ0n) is 10.1. The third-order valence-corrected chi connectivity index (χ3v) is 3.90. The maximum atomic E-state index is 13.4. The Bertz CT molecular complexity index is 357. The van der Waals surface area contributed by atoms with E-state index >= 15 is 0 Å². The van der Waals surface area contributed by atoms with E-state index < -0.39 is 0 Å². The maximum absolute atomic E-state index is 13.4. The van der Waals surface area contributed by atoms with E-state index in [0.29, 0.717) is 16.9 Å². The molecule has 0 radical (unpaired) electrons. The molecule has 0 spiro atoms. The third kappa shape index (κ3) is 3.29. The number of halogens is 2. The van der Waals surface area contributed by atoms with E-state index in [4.69, 9.17) is 5.73 Å². The monoisotopic (exact) mass is 287 g/mol. The second kappa shape index (κ2) is 5.28. The molecule has 2 N–H and O–H groups in total. The van der Waals surface area contributed by atoms with Crippen LogP contribution in [0.4, 0.5) is 4.39 Å². The van der Waals surface area contributed by atoms with E-state index in [-0.39, 0.29) is 11.2 Å². The molecule has 16 heavy (non-hydrogen) atoms. The minimum atomic E-state index is -0.206. The number of benzene rings is 1. The summed E-state index contributed by atoms with van der Waals surface area (Å²) in [6.07, 6.45) is 0.804. The Labute approximate surface area is 105 Å². The molecule has 1 rings (SSSR count). The first-order valence-electron chi connectivity index (χ1n) is 5.49. The average molecular weight is 288 g/mol. The normalized spacial score (nSPS) is 13.9. The lowest BCUT2D eigenvalue weighted by Crippen LogP contribution is -2.30. The van der Waals surface area contributed by atoms with Crippen molar-refractivity contribution in [1.29, 1.82) is 0 Å². The molecule has 1 unspecified atom stereocenters. The first-order valence-corrected chi connectivity index (χ1v) is 6.28.